The fourth-order valence-corrected chi connectivity index (χ4v) is 1.88. The molecule has 1 heterocycles. The van der Waals surface area contributed by atoms with Gasteiger partial charge in [-0.05, 0) is 25.1 Å². The first-order valence-corrected chi connectivity index (χ1v) is 7.46. The van der Waals surface area contributed by atoms with Crippen molar-refractivity contribution in [2.45, 2.75) is 19.8 Å². The van der Waals surface area contributed by atoms with Crippen molar-refractivity contribution >= 4 is 17.6 Å². The number of anilines is 1. The summed E-state index contributed by atoms with van der Waals surface area (Å²) in [6, 6.07) is 10.5. The molecule has 7 heteroatoms. The van der Waals surface area contributed by atoms with E-state index >= 15 is 0 Å². The van der Waals surface area contributed by atoms with E-state index in [0.29, 0.717) is 29.7 Å². The molecule has 1 aromatic heterocycles. The summed E-state index contributed by atoms with van der Waals surface area (Å²) in [5.41, 5.74) is 0.468. The summed E-state index contributed by atoms with van der Waals surface area (Å²) in [6.07, 6.45) is 1.14. The fourth-order valence-electron chi connectivity index (χ4n) is 1.88. The monoisotopic (exact) mass is 330 g/mol. The van der Waals surface area contributed by atoms with Crippen LogP contribution in [0.1, 0.15) is 19.8 Å². The van der Waals surface area contributed by atoms with Crippen LogP contribution in [0.3, 0.4) is 0 Å². The third-order valence-electron chi connectivity index (χ3n) is 2.95. The largest absolute Gasteiger partial charge is 0.490 e. The Balaban J connectivity index is 1.97. The molecule has 0 radical (unpaired) electrons. The molecule has 24 heavy (non-hydrogen) atoms. The third kappa shape index (κ3) is 5.28. The van der Waals surface area contributed by atoms with Crippen LogP contribution in [-0.4, -0.2) is 28.6 Å². The second-order valence-electron chi connectivity index (χ2n) is 4.81. The maximum absolute atomic E-state index is 11.6. The number of benzene rings is 1. The lowest BCUT2D eigenvalue weighted by molar-refractivity contribution is -0.138. The Labute approximate surface area is 139 Å². The van der Waals surface area contributed by atoms with Crippen LogP contribution >= 0.6 is 0 Å². The van der Waals surface area contributed by atoms with Gasteiger partial charge in [-0.1, -0.05) is 12.1 Å². The summed E-state index contributed by atoms with van der Waals surface area (Å²) in [5, 5.41) is 11.1. The first kappa shape index (κ1) is 17.3. The van der Waals surface area contributed by atoms with Gasteiger partial charge in [0.1, 0.15) is 0 Å². The number of hydrogen-bond donors (Lipinski definition) is 2. The van der Waals surface area contributed by atoms with Gasteiger partial charge in [-0.3, -0.25) is 9.59 Å². The average molecular weight is 330 g/mol. The van der Waals surface area contributed by atoms with Crippen molar-refractivity contribution in [2.24, 2.45) is 0 Å². The highest BCUT2D eigenvalue weighted by Gasteiger charge is 2.08. The number of aliphatic carboxylic acids is 1. The van der Waals surface area contributed by atoms with E-state index in [0.717, 1.165) is 0 Å². The van der Waals surface area contributed by atoms with Crippen molar-refractivity contribution in [3.63, 3.8) is 0 Å². The van der Waals surface area contributed by atoms with Crippen molar-refractivity contribution in [1.29, 1.82) is 0 Å². The number of carbonyl (C=O) groups excluding carboxylic acids is 1. The minimum atomic E-state index is -1.01. The lowest BCUT2D eigenvalue weighted by atomic mass is 10.3. The van der Waals surface area contributed by atoms with Crippen molar-refractivity contribution < 1.29 is 24.2 Å². The summed E-state index contributed by atoms with van der Waals surface area (Å²) in [6.45, 7) is 2.41. The van der Waals surface area contributed by atoms with Crippen molar-refractivity contribution in [3.8, 4) is 17.4 Å². The van der Waals surface area contributed by atoms with Crippen LogP contribution < -0.4 is 14.8 Å². The molecule has 0 aliphatic carbocycles. The smallest absolute Gasteiger partial charge is 0.303 e. The van der Waals surface area contributed by atoms with Gasteiger partial charge in [0.05, 0.1) is 24.9 Å². The minimum absolute atomic E-state index is 0.0880. The first-order valence-electron chi connectivity index (χ1n) is 7.46. The van der Waals surface area contributed by atoms with E-state index in [4.69, 9.17) is 14.6 Å². The van der Waals surface area contributed by atoms with Gasteiger partial charge < -0.3 is 19.9 Å². The van der Waals surface area contributed by atoms with Crippen LogP contribution in [-0.2, 0) is 9.59 Å². The molecule has 0 saturated heterocycles. The molecule has 1 aromatic carbocycles. The molecular weight excluding hydrogens is 312 g/mol. The minimum Gasteiger partial charge on any atom is -0.490 e. The molecule has 2 aromatic rings. The van der Waals surface area contributed by atoms with E-state index in [1.165, 1.54) is 6.20 Å². The summed E-state index contributed by atoms with van der Waals surface area (Å²) in [5.74, 6) is 0.123. The Morgan fingerprint density at radius 2 is 1.88 bits per heavy atom. The maximum Gasteiger partial charge on any atom is 0.303 e. The number of para-hydroxylation sites is 2. The Bertz CT molecular complexity index is 700. The zero-order chi connectivity index (χ0) is 17.4. The van der Waals surface area contributed by atoms with Gasteiger partial charge in [0, 0.05) is 12.5 Å². The number of nitrogens with one attached hydrogen (secondary N) is 1. The molecule has 0 spiro atoms. The van der Waals surface area contributed by atoms with Gasteiger partial charge in [0.2, 0.25) is 11.8 Å². The Hall–Kier alpha value is -3.09. The normalized spacial score (nSPS) is 10.0. The molecule has 1 amide bonds. The Kier molecular flexibility index (Phi) is 6.13. The van der Waals surface area contributed by atoms with Gasteiger partial charge in [-0.15, -0.1) is 0 Å². The van der Waals surface area contributed by atoms with Gasteiger partial charge >= 0.3 is 5.97 Å². The predicted molar refractivity (Wildman–Crippen MR) is 87.4 cm³/mol. The van der Waals surface area contributed by atoms with Crippen molar-refractivity contribution in [1.82, 2.24) is 4.98 Å². The average Bonchev–Trinajstić information content (AvgIpc) is 2.57. The fraction of sp³-hybridized carbons (Fsp3) is 0.235. The van der Waals surface area contributed by atoms with Gasteiger partial charge in [0.25, 0.3) is 0 Å². The van der Waals surface area contributed by atoms with E-state index in [-0.39, 0.29) is 18.7 Å². The van der Waals surface area contributed by atoms with Crippen LogP contribution in [0.5, 0.6) is 17.4 Å². The number of aromatic nitrogens is 1. The van der Waals surface area contributed by atoms with Crippen molar-refractivity contribution in [2.75, 3.05) is 11.9 Å². The van der Waals surface area contributed by atoms with Crippen LogP contribution in [0.2, 0.25) is 0 Å². The summed E-state index contributed by atoms with van der Waals surface area (Å²) >= 11 is 0. The summed E-state index contributed by atoms with van der Waals surface area (Å²) < 4.78 is 11.1. The third-order valence-corrected chi connectivity index (χ3v) is 2.95. The topological polar surface area (TPSA) is 97.8 Å². The second kappa shape index (κ2) is 8.52. The molecule has 7 nitrogen and oxygen atoms in total. The molecule has 0 bridgehead atoms. The molecule has 2 rings (SSSR count). The number of carboxylic acids is 1. The van der Waals surface area contributed by atoms with Crippen LogP contribution in [0.15, 0.2) is 42.6 Å². The van der Waals surface area contributed by atoms with E-state index < -0.39 is 5.97 Å². The molecule has 0 aliphatic heterocycles. The number of nitrogens with zero attached hydrogens (tertiary/aromatic N) is 1. The maximum atomic E-state index is 11.6. The van der Waals surface area contributed by atoms with Crippen LogP contribution in [0.25, 0.3) is 0 Å². The quantitative estimate of drug-likeness (QED) is 0.772. The number of carboxylic acid groups (broad SMARTS) is 1. The van der Waals surface area contributed by atoms with Gasteiger partial charge in [-0.2, -0.15) is 0 Å². The molecule has 0 saturated carbocycles. The van der Waals surface area contributed by atoms with Gasteiger partial charge in [-0.25, -0.2) is 4.98 Å². The molecule has 0 fully saturated rings. The number of carbonyl (C=O) groups is 2. The number of pyridine rings is 1. The Morgan fingerprint density at radius 3 is 2.50 bits per heavy atom. The lowest BCUT2D eigenvalue weighted by Crippen LogP contribution is -2.13. The standard InChI is InChI=1S/C17H18N2O5/c1-2-23-13-5-3-4-6-14(13)24-16-9-7-12(11-18-16)19-15(20)8-10-17(21)22/h3-7,9,11H,2,8,10H2,1H3,(H,19,20)(H,21,22). The first-order chi connectivity index (χ1) is 11.6. The van der Waals surface area contributed by atoms with E-state index in [1.54, 1.807) is 24.3 Å². The number of hydrogen-bond acceptors (Lipinski definition) is 5. The van der Waals surface area contributed by atoms with Crippen LogP contribution in [0.4, 0.5) is 5.69 Å². The highest BCUT2D eigenvalue weighted by molar-refractivity contribution is 5.92. The van der Waals surface area contributed by atoms with Crippen LogP contribution in [0, 0.1) is 0 Å². The SMILES string of the molecule is CCOc1ccccc1Oc1ccc(NC(=O)CCC(=O)O)cn1. The summed E-state index contributed by atoms with van der Waals surface area (Å²) in [4.78, 5) is 26.1. The highest BCUT2D eigenvalue weighted by atomic mass is 16.5. The number of amides is 1. The zero-order valence-corrected chi connectivity index (χ0v) is 13.2. The molecule has 0 aliphatic rings. The zero-order valence-electron chi connectivity index (χ0n) is 13.2. The van der Waals surface area contributed by atoms with E-state index in [1.807, 2.05) is 19.1 Å². The molecule has 0 unspecified atom stereocenters. The van der Waals surface area contributed by atoms with E-state index in [2.05, 4.69) is 10.3 Å². The summed E-state index contributed by atoms with van der Waals surface area (Å²) in [7, 11) is 0. The number of ether oxygens (including phenoxy) is 2. The lowest BCUT2D eigenvalue weighted by Gasteiger charge is -2.11. The second-order valence-corrected chi connectivity index (χ2v) is 4.81. The van der Waals surface area contributed by atoms with Gasteiger partial charge in [0.15, 0.2) is 11.5 Å². The molecule has 126 valence electrons. The number of rotatable bonds is 8. The molecule has 2 N–H and O–H groups in total. The highest BCUT2D eigenvalue weighted by Crippen LogP contribution is 2.30. The molecule has 0 atom stereocenters. The van der Waals surface area contributed by atoms with E-state index in [9.17, 15) is 9.59 Å². The Morgan fingerprint density at radius 1 is 1.12 bits per heavy atom. The molecular formula is C17H18N2O5. The predicted octanol–water partition coefficient (Wildman–Crippen LogP) is 3.08. The van der Waals surface area contributed by atoms with Crippen molar-refractivity contribution in [3.05, 3.63) is 42.6 Å².